The van der Waals surface area contributed by atoms with Gasteiger partial charge >= 0.3 is 0 Å². The molecule has 2 rings (SSSR count). The Bertz CT molecular complexity index is 276. The first-order valence-electron chi connectivity index (χ1n) is 4.63. The number of hydrogen-bond acceptors (Lipinski definition) is 1. The van der Waals surface area contributed by atoms with E-state index < -0.39 is 0 Å². The molecule has 0 amide bonds. The second kappa shape index (κ2) is 2.81. The number of nitrogens with two attached hydrogens (primary N) is 1. The van der Waals surface area contributed by atoms with Gasteiger partial charge in [-0.1, -0.05) is 19.1 Å². The average molecular weight is 161 g/mol. The molecule has 1 heteroatoms. The monoisotopic (exact) mass is 161 g/mol. The fourth-order valence-electron chi connectivity index (χ4n) is 1.71. The van der Waals surface area contributed by atoms with Crippen LogP contribution in [0.2, 0.25) is 0 Å². The Morgan fingerprint density at radius 3 is 2.75 bits per heavy atom. The van der Waals surface area contributed by atoms with Crippen LogP contribution in [0.4, 0.5) is 5.69 Å². The zero-order valence-electron chi connectivity index (χ0n) is 7.46. The summed E-state index contributed by atoms with van der Waals surface area (Å²) in [6.45, 7) is 2.30. The van der Waals surface area contributed by atoms with Crippen molar-refractivity contribution in [1.82, 2.24) is 0 Å². The van der Waals surface area contributed by atoms with Crippen molar-refractivity contribution in [3.05, 3.63) is 29.8 Å². The molecular formula is C11H15N. The molecule has 0 aliphatic heterocycles. The van der Waals surface area contributed by atoms with Crippen molar-refractivity contribution in [2.45, 2.75) is 25.7 Å². The maximum Gasteiger partial charge on any atom is 0.0316 e. The van der Waals surface area contributed by atoms with Crippen LogP contribution in [0, 0.1) is 5.92 Å². The maximum absolute atomic E-state index is 5.72. The van der Waals surface area contributed by atoms with Crippen molar-refractivity contribution in [3.63, 3.8) is 0 Å². The highest BCUT2D eigenvalue weighted by Gasteiger charge is 2.28. The topological polar surface area (TPSA) is 26.0 Å². The summed E-state index contributed by atoms with van der Waals surface area (Å²) < 4.78 is 0. The molecule has 1 nitrogen and oxygen atoms in total. The summed E-state index contributed by atoms with van der Waals surface area (Å²) in [5, 5.41) is 0. The van der Waals surface area contributed by atoms with Crippen molar-refractivity contribution >= 4 is 5.69 Å². The second-order valence-electron chi connectivity index (χ2n) is 3.80. The van der Waals surface area contributed by atoms with Gasteiger partial charge < -0.3 is 5.73 Å². The SMILES string of the molecule is CC(c1cccc(N)c1)C1CC1. The Morgan fingerprint density at radius 2 is 2.17 bits per heavy atom. The lowest BCUT2D eigenvalue weighted by molar-refractivity contribution is 0.664. The quantitative estimate of drug-likeness (QED) is 0.663. The van der Waals surface area contributed by atoms with E-state index in [1.165, 1.54) is 18.4 Å². The highest BCUT2D eigenvalue weighted by Crippen LogP contribution is 2.42. The first-order valence-corrected chi connectivity index (χ1v) is 4.63. The van der Waals surface area contributed by atoms with Crippen LogP contribution in [0.15, 0.2) is 24.3 Å². The Labute approximate surface area is 73.6 Å². The molecule has 1 saturated carbocycles. The van der Waals surface area contributed by atoms with Crippen molar-refractivity contribution in [1.29, 1.82) is 0 Å². The minimum absolute atomic E-state index is 0.702. The molecule has 0 saturated heterocycles. The summed E-state index contributed by atoms with van der Waals surface area (Å²) in [5.41, 5.74) is 8.01. The molecule has 0 heterocycles. The molecule has 1 fully saturated rings. The molecule has 1 atom stereocenters. The molecule has 2 N–H and O–H groups in total. The molecule has 1 aliphatic carbocycles. The fourth-order valence-corrected chi connectivity index (χ4v) is 1.71. The highest BCUT2D eigenvalue weighted by molar-refractivity contribution is 5.42. The molecule has 64 valence electrons. The molecular weight excluding hydrogens is 146 g/mol. The third-order valence-corrected chi connectivity index (χ3v) is 2.77. The van der Waals surface area contributed by atoms with Crippen LogP contribution in [0.3, 0.4) is 0 Å². The summed E-state index contributed by atoms with van der Waals surface area (Å²) in [5.74, 6) is 1.63. The van der Waals surface area contributed by atoms with E-state index in [1.54, 1.807) is 0 Å². The Balaban J connectivity index is 2.20. The van der Waals surface area contributed by atoms with Crippen molar-refractivity contribution in [3.8, 4) is 0 Å². The van der Waals surface area contributed by atoms with Gasteiger partial charge in [0.1, 0.15) is 0 Å². The van der Waals surface area contributed by atoms with Crippen LogP contribution >= 0.6 is 0 Å². The Morgan fingerprint density at radius 1 is 1.42 bits per heavy atom. The Kier molecular flexibility index (Phi) is 1.80. The van der Waals surface area contributed by atoms with E-state index in [4.69, 9.17) is 5.73 Å². The minimum Gasteiger partial charge on any atom is -0.399 e. The van der Waals surface area contributed by atoms with Crippen LogP contribution in [0.1, 0.15) is 31.2 Å². The van der Waals surface area contributed by atoms with Crippen LogP contribution in [-0.2, 0) is 0 Å². The van der Waals surface area contributed by atoms with Crippen molar-refractivity contribution < 1.29 is 0 Å². The summed E-state index contributed by atoms with van der Waals surface area (Å²) in [7, 11) is 0. The van der Waals surface area contributed by atoms with E-state index in [1.807, 2.05) is 12.1 Å². The molecule has 1 aromatic rings. The van der Waals surface area contributed by atoms with Gasteiger partial charge in [-0.25, -0.2) is 0 Å². The molecule has 0 spiro atoms. The number of hydrogen-bond donors (Lipinski definition) is 1. The molecule has 1 unspecified atom stereocenters. The molecule has 1 aliphatic rings. The Hall–Kier alpha value is -0.980. The summed E-state index contributed by atoms with van der Waals surface area (Å²) in [6, 6.07) is 8.27. The molecule has 0 aromatic heterocycles. The molecule has 0 bridgehead atoms. The highest BCUT2D eigenvalue weighted by atomic mass is 14.5. The van der Waals surface area contributed by atoms with E-state index in [0.717, 1.165) is 11.6 Å². The van der Waals surface area contributed by atoms with Gasteiger partial charge in [-0.05, 0) is 42.4 Å². The predicted octanol–water partition coefficient (Wildman–Crippen LogP) is 2.78. The van der Waals surface area contributed by atoms with E-state index >= 15 is 0 Å². The maximum atomic E-state index is 5.72. The normalized spacial score (nSPS) is 19.1. The number of rotatable bonds is 2. The third kappa shape index (κ3) is 1.45. The first kappa shape index (κ1) is 7.66. The predicted molar refractivity (Wildman–Crippen MR) is 52.0 cm³/mol. The lowest BCUT2D eigenvalue weighted by atomic mass is 9.96. The van der Waals surface area contributed by atoms with Gasteiger partial charge in [0, 0.05) is 5.69 Å². The van der Waals surface area contributed by atoms with Gasteiger partial charge in [0.15, 0.2) is 0 Å². The molecule has 12 heavy (non-hydrogen) atoms. The zero-order valence-corrected chi connectivity index (χ0v) is 7.46. The average Bonchev–Trinajstić information content (AvgIpc) is 2.85. The third-order valence-electron chi connectivity index (χ3n) is 2.77. The van der Waals surface area contributed by atoms with Gasteiger partial charge in [-0.2, -0.15) is 0 Å². The van der Waals surface area contributed by atoms with Crippen LogP contribution in [0.5, 0.6) is 0 Å². The van der Waals surface area contributed by atoms with Gasteiger partial charge in [-0.15, -0.1) is 0 Å². The van der Waals surface area contributed by atoms with Crippen molar-refractivity contribution in [2.24, 2.45) is 5.92 Å². The summed E-state index contributed by atoms with van der Waals surface area (Å²) in [6.07, 6.45) is 2.80. The lowest BCUT2D eigenvalue weighted by Crippen LogP contribution is -1.96. The fraction of sp³-hybridized carbons (Fsp3) is 0.455. The van der Waals surface area contributed by atoms with E-state index in [0.29, 0.717) is 5.92 Å². The summed E-state index contributed by atoms with van der Waals surface area (Å²) >= 11 is 0. The van der Waals surface area contributed by atoms with Gasteiger partial charge in [0.2, 0.25) is 0 Å². The zero-order chi connectivity index (χ0) is 8.55. The van der Waals surface area contributed by atoms with Crippen LogP contribution in [-0.4, -0.2) is 0 Å². The molecule has 0 radical (unpaired) electrons. The van der Waals surface area contributed by atoms with Gasteiger partial charge in [0.05, 0.1) is 0 Å². The summed E-state index contributed by atoms with van der Waals surface area (Å²) in [4.78, 5) is 0. The van der Waals surface area contributed by atoms with E-state index in [9.17, 15) is 0 Å². The smallest absolute Gasteiger partial charge is 0.0316 e. The van der Waals surface area contributed by atoms with Gasteiger partial charge in [-0.3, -0.25) is 0 Å². The van der Waals surface area contributed by atoms with Crippen LogP contribution in [0.25, 0.3) is 0 Å². The minimum atomic E-state index is 0.702. The number of anilines is 1. The first-order chi connectivity index (χ1) is 5.77. The van der Waals surface area contributed by atoms with E-state index in [2.05, 4.69) is 19.1 Å². The second-order valence-corrected chi connectivity index (χ2v) is 3.80. The van der Waals surface area contributed by atoms with Crippen molar-refractivity contribution in [2.75, 3.05) is 5.73 Å². The lowest BCUT2D eigenvalue weighted by Gasteiger charge is -2.10. The molecule has 1 aromatic carbocycles. The largest absolute Gasteiger partial charge is 0.399 e. The van der Waals surface area contributed by atoms with Gasteiger partial charge in [0.25, 0.3) is 0 Å². The number of nitrogen functional groups attached to an aromatic ring is 1. The standard InChI is InChI=1S/C11H15N/c1-8(9-5-6-9)10-3-2-4-11(12)7-10/h2-4,7-9H,5-6,12H2,1H3. The number of benzene rings is 1. The van der Waals surface area contributed by atoms with Crippen LogP contribution < -0.4 is 5.73 Å². The van der Waals surface area contributed by atoms with E-state index in [-0.39, 0.29) is 0 Å².